The number of ether oxygens (including phenoxy) is 2. The van der Waals surface area contributed by atoms with Crippen molar-refractivity contribution < 1.29 is 9.47 Å². The van der Waals surface area contributed by atoms with Gasteiger partial charge in [-0.15, -0.1) is 0 Å². The quantitative estimate of drug-likeness (QED) is 0.899. The maximum atomic E-state index is 6.32. The number of benzene rings is 1. The van der Waals surface area contributed by atoms with Gasteiger partial charge in [0, 0.05) is 39.8 Å². The zero-order chi connectivity index (χ0) is 16.9. The van der Waals surface area contributed by atoms with Crippen molar-refractivity contribution >= 4 is 17.4 Å². The summed E-state index contributed by atoms with van der Waals surface area (Å²) >= 11 is 6.32. The predicted molar refractivity (Wildman–Crippen MR) is 96.2 cm³/mol. The summed E-state index contributed by atoms with van der Waals surface area (Å²) in [4.78, 5) is 6.32. The lowest BCUT2D eigenvalue weighted by atomic mass is 10.2. The second kappa shape index (κ2) is 7.73. The summed E-state index contributed by atoms with van der Waals surface area (Å²) < 4.78 is 11.4. The molecule has 1 N–H and O–H groups in total. The molecule has 0 aliphatic carbocycles. The van der Waals surface area contributed by atoms with E-state index >= 15 is 0 Å². The Labute approximate surface area is 147 Å². The second-order valence-corrected chi connectivity index (χ2v) is 6.38. The number of nitrogens with zero attached hydrogens (tertiary/aromatic N) is 2. The van der Waals surface area contributed by atoms with Gasteiger partial charge in [0.05, 0.1) is 18.2 Å². The lowest BCUT2D eigenvalue weighted by Crippen LogP contribution is -2.15. The normalized spacial score (nSPS) is 13.5. The average Bonchev–Trinajstić information content (AvgIpc) is 2.81. The van der Waals surface area contributed by atoms with Gasteiger partial charge < -0.3 is 19.7 Å². The highest BCUT2D eigenvalue weighted by atomic mass is 35.5. The number of rotatable bonds is 5. The molecule has 0 saturated heterocycles. The standard InChI is InChI=1S/C18H22ClN3O2/c1-22(2)17-10-13(4-5-21-17)11-20-12-14-8-15(19)18-16(9-14)23-6-3-7-24-18/h4-5,8-10,20H,3,6-7,11-12H2,1-2H3. The summed E-state index contributed by atoms with van der Waals surface area (Å²) in [5.74, 6) is 2.34. The number of halogens is 1. The van der Waals surface area contributed by atoms with Crippen molar-refractivity contribution in [2.24, 2.45) is 0 Å². The maximum Gasteiger partial charge on any atom is 0.179 e. The number of hydrogen-bond acceptors (Lipinski definition) is 5. The molecule has 1 aromatic heterocycles. The van der Waals surface area contributed by atoms with E-state index in [1.165, 1.54) is 5.56 Å². The van der Waals surface area contributed by atoms with Gasteiger partial charge >= 0.3 is 0 Å². The fraction of sp³-hybridized carbons (Fsp3) is 0.389. The largest absolute Gasteiger partial charge is 0.489 e. The molecule has 1 aliphatic rings. The van der Waals surface area contributed by atoms with Crippen LogP contribution in [0.25, 0.3) is 0 Å². The van der Waals surface area contributed by atoms with Crippen LogP contribution in [0.4, 0.5) is 5.82 Å². The third kappa shape index (κ3) is 4.10. The molecule has 0 amide bonds. The van der Waals surface area contributed by atoms with Crippen LogP contribution in [0.15, 0.2) is 30.5 Å². The van der Waals surface area contributed by atoms with E-state index < -0.39 is 0 Å². The summed E-state index contributed by atoms with van der Waals surface area (Å²) in [5.41, 5.74) is 2.26. The van der Waals surface area contributed by atoms with Crippen LogP contribution < -0.4 is 19.7 Å². The van der Waals surface area contributed by atoms with E-state index in [-0.39, 0.29) is 0 Å². The van der Waals surface area contributed by atoms with Crippen molar-refractivity contribution in [1.29, 1.82) is 0 Å². The van der Waals surface area contributed by atoms with Crippen LogP contribution in [-0.2, 0) is 13.1 Å². The van der Waals surface area contributed by atoms with Gasteiger partial charge in [-0.05, 0) is 35.4 Å². The van der Waals surface area contributed by atoms with E-state index in [0.29, 0.717) is 30.5 Å². The molecule has 0 saturated carbocycles. The zero-order valence-corrected chi connectivity index (χ0v) is 14.8. The van der Waals surface area contributed by atoms with E-state index in [1.807, 2.05) is 43.4 Å². The molecule has 2 heterocycles. The van der Waals surface area contributed by atoms with Crippen LogP contribution in [0.1, 0.15) is 17.5 Å². The summed E-state index contributed by atoms with van der Waals surface area (Å²) in [7, 11) is 3.97. The van der Waals surface area contributed by atoms with Gasteiger partial charge in [0.25, 0.3) is 0 Å². The number of anilines is 1. The summed E-state index contributed by atoms with van der Waals surface area (Å²) in [6, 6.07) is 8.02. The van der Waals surface area contributed by atoms with E-state index in [9.17, 15) is 0 Å². The van der Waals surface area contributed by atoms with Crippen molar-refractivity contribution in [3.8, 4) is 11.5 Å². The molecular formula is C18H22ClN3O2. The number of nitrogens with one attached hydrogen (secondary N) is 1. The first-order chi connectivity index (χ1) is 11.6. The highest BCUT2D eigenvalue weighted by molar-refractivity contribution is 6.32. The number of hydrogen-bond donors (Lipinski definition) is 1. The van der Waals surface area contributed by atoms with E-state index in [4.69, 9.17) is 21.1 Å². The molecule has 0 unspecified atom stereocenters. The molecule has 0 fully saturated rings. The van der Waals surface area contributed by atoms with Gasteiger partial charge in [-0.3, -0.25) is 0 Å². The SMILES string of the molecule is CN(C)c1cc(CNCc2cc(Cl)c3c(c2)OCCCO3)ccn1. The van der Waals surface area contributed by atoms with Crippen LogP contribution in [-0.4, -0.2) is 32.3 Å². The molecule has 6 heteroatoms. The van der Waals surface area contributed by atoms with Crippen molar-refractivity contribution in [2.45, 2.75) is 19.5 Å². The Morgan fingerprint density at radius 1 is 1.12 bits per heavy atom. The zero-order valence-electron chi connectivity index (χ0n) is 14.0. The molecule has 128 valence electrons. The average molecular weight is 348 g/mol. The minimum Gasteiger partial charge on any atom is -0.489 e. The Hall–Kier alpha value is -1.98. The molecule has 1 aromatic carbocycles. The molecule has 0 atom stereocenters. The van der Waals surface area contributed by atoms with E-state index in [2.05, 4.69) is 16.4 Å². The molecule has 24 heavy (non-hydrogen) atoms. The number of aromatic nitrogens is 1. The molecule has 1 aliphatic heterocycles. The van der Waals surface area contributed by atoms with Crippen LogP contribution in [0.5, 0.6) is 11.5 Å². The van der Waals surface area contributed by atoms with Crippen LogP contribution >= 0.6 is 11.6 Å². The molecule has 2 aromatic rings. The maximum absolute atomic E-state index is 6.32. The Morgan fingerprint density at radius 2 is 1.92 bits per heavy atom. The van der Waals surface area contributed by atoms with Crippen LogP contribution in [0.3, 0.4) is 0 Å². The molecular weight excluding hydrogens is 326 g/mol. The van der Waals surface area contributed by atoms with E-state index in [1.54, 1.807) is 0 Å². The molecule has 0 radical (unpaired) electrons. The molecule has 0 spiro atoms. The third-order valence-electron chi connectivity index (χ3n) is 3.79. The Balaban J connectivity index is 1.64. The highest BCUT2D eigenvalue weighted by Gasteiger charge is 2.15. The Morgan fingerprint density at radius 3 is 2.75 bits per heavy atom. The Kier molecular flexibility index (Phi) is 5.43. The van der Waals surface area contributed by atoms with Gasteiger partial charge in [0.1, 0.15) is 5.82 Å². The minimum absolute atomic E-state index is 0.602. The summed E-state index contributed by atoms with van der Waals surface area (Å²) in [6.07, 6.45) is 2.70. The monoisotopic (exact) mass is 347 g/mol. The fourth-order valence-corrected chi connectivity index (χ4v) is 2.84. The van der Waals surface area contributed by atoms with Gasteiger partial charge in [-0.25, -0.2) is 4.98 Å². The summed E-state index contributed by atoms with van der Waals surface area (Å²) in [5, 5.41) is 4.03. The van der Waals surface area contributed by atoms with Gasteiger partial charge in [0.2, 0.25) is 0 Å². The van der Waals surface area contributed by atoms with Crippen molar-refractivity contribution in [3.63, 3.8) is 0 Å². The van der Waals surface area contributed by atoms with Gasteiger partial charge in [-0.2, -0.15) is 0 Å². The topological polar surface area (TPSA) is 46.6 Å². The summed E-state index contributed by atoms with van der Waals surface area (Å²) in [6.45, 7) is 2.76. The van der Waals surface area contributed by atoms with Gasteiger partial charge in [-0.1, -0.05) is 11.6 Å². The lowest BCUT2D eigenvalue weighted by molar-refractivity contribution is 0.297. The first kappa shape index (κ1) is 16.9. The fourth-order valence-electron chi connectivity index (χ4n) is 2.55. The second-order valence-electron chi connectivity index (χ2n) is 5.98. The number of pyridine rings is 1. The Bertz CT molecular complexity index is 707. The smallest absolute Gasteiger partial charge is 0.179 e. The molecule has 3 rings (SSSR count). The van der Waals surface area contributed by atoms with Gasteiger partial charge in [0.15, 0.2) is 11.5 Å². The van der Waals surface area contributed by atoms with Crippen molar-refractivity contribution in [1.82, 2.24) is 10.3 Å². The van der Waals surface area contributed by atoms with Crippen LogP contribution in [0, 0.1) is 0 Å². The highest BCUT2D eigenvalue weighted by Crippen LogP contribution is 2.37. The molecule has 0 bridgehead atoms. The van der Waals surface area contributed by atoms with E-state index in [0.717, 1.165) is 30.1 Å². The number of fused-ring (bicyclic) bond motifs is 1. The van der Waals surface area contributed by atoms with Crippen molar-refractivity contribution in [2.75, 3.05) is 32.2 Å². The van der Waals surface area contributed by atoms with Crippen molar-refractivity contribution in [3.05, 3.63) is 46.6 Å². The van der Waals surface area contributed by atoms with Crippen LogP contribution in [0.2, 0.25) is 5.02 Å². The minimum atomic E-state index is 0.602. The first-order valence-electron chi connectivity index (χ1n) is 8.04. The third-order valence-corrected chi connectivity index (χ3v) is 4.07. The predicted octanol–water partition coefficient (Wildman–Crippen LogP) is 3.25. The molecule has 5 nitrogen and oxygen atoms in total. The lowest BCUT2D eigenvalue weighted by Gasteiger charge is -2.13. The first-order valence-corrected chi connectivity index (χ1v) is 8.42.